The number of fused-ring (bicyclic) bond motifs is 1. The monoisotopic (exact) mass is 324 g/mol. The van der Waals surface area contributed by atoms with Gasteiger partial charge in [0.1, 0.15) is 11.4 Å². The summed E-state index contributed by atoms with van der Waals surface area (Å²) in [6, 6.07) is 4.88. The Balaban J connectivity index is 2.22. The van der Waals surface area contributed by atoms with Crippen molar-refractivity contribution < 1.29 is 9.50 Å². The Morgan fingerprint density at radius 2 is 2.32 bits per heavy atom. The molecule has 1 aromatic carbocycles. The second kappa shape index (κ2) is 4.42. The van der Waals surface area contributed by atoms with Gasteiger partial charge in [0.25, 0.3) is 0 Å². The van der Waals surface area contributed by atoms with Gasteiger partial charge in [-0.25, -0.2) is 4.39 Å². The molecule has 0 aliphatic heterocycles. The molecule has 1 aliphatic carbocycles. The van der Waals surface area contributed by atoms with Crippen molar-refractivity contribution >= 4 is 15.9 Å². The maximum absolute atomic E-state index is 13.8. The van der Waals surface area contributed by atoms with Crippen LogP contribution in [0.5, 0.6) is 0 Å². The van der Waals surface area contributed by atoms with E-state index in [9.17, 15) is 9.50 Å². The maximum Gasteiger partial charge on any atom is 0.133 e. The van der Waals surface area contributed by atoms with Crippen LogP contribution in [-0.2, 0) is 18.6 Å². The van der Waals surface area contributed by atoms with Gasteiger partial charge < -0.3 is 5.11 Å². The van der Waals surface area contributed by atoms with Crippen LogP contribution in [0.25, 0.3) is 0 Å². The van der Waals surface area contributed by atoms with E-state index < -0.39 is 5.60 Å². The Kier molecular flexibility index (Phi) is 2.98. The Morgan fingerprint density at radius 3 is 3.05 bits per heavy atom. The Morgan fingerprint density at radius 1 is 1.53 bits per heavy atom. The van der Waals surface area contributed by atoms with Crippen molar-refractivity contribution in [3.8, 4) is 0 Å². The van der Waals surface area contributed by atoms with E-state index in [1.165, 1.54) is 6.07 Å². The Labute approximate surface area is 119 Å². The molecule has 19 heavy (non-hydrogen) atoms. The predicted octanol–water partition coefficient (Wildman–Crippen LogP) is 2.99. The van der Waals surface area contributed by atoms with Crippen molar-refractivity contribution in [3.05, 3.63) is 51.5 Å². The average molecular weight is 325 g/mol. The van der Waals surface area contributed by atoms with Gasteiger partial charge in [-0.2, -0.15) is 5.10 Å². The van der Waals surface area contributed by atoms with Gasteiger partial charge in [0.2, 0.25) is 0 Å². The lowest BCUT2D eigenvalue weighted by molar-refractivity contribution is 0.0722. The molecule has 3 nitrogen and oxygen atoms in total. The molecule has 1 heterocycles. The second-order valence-electron chi connectivity index (χ2n) is 4.78. The third kappa shape index (κ3) is 1.75. The summed E-state index contributed by atoms with van der Waals surface area (Å²) < 4.78 is 16.3. The molecule has 0 fully saturated rings. The highest BCUT2D eigenvalue weighted by atomic mass is 79.9. The number of halogens is 2. The van der Waals surface area contributed by atoms with Gasteiger partial charge in [0.15, 0.2) is 0 Å². The smallest absolute Gasteiger partial charge is 0.133 e. The quantitative estimate of drug-likeness (QED) is 0.922. The molecule has 5 heteroatoms. The second-order valence-corrected chi connectivity index (χ2v) is 5.64. The van der Waals surface area contributed by atoms with Crippen LogP contribution >= 0.6 is 15.9 Å². The van der Waals surface area contributed by atoms with E-state index in [1.54, 1.807) is 23.0 Å². The maximum atomic E-state index is 13.8. The van der Waals surface area contributed by atoms with Crippen LogP contribution in [0.4, 0.5) is 4.39 Å². The molecule has 3 rings (SSSR count). The highest BCUT2D eigenvalue weighted by Crippen LogP contribution is 2.44. The topological polar surface area (TPSA) is 38.0 Å². The minimum Gasteiger partial charge on any atom is -0.379 e. The summed E-state index contributed by atoms with van der Waals surface area (Å²) >= 11 is 3.44. The van der Waals surface area contributed by atoms with Crippen LogP contribution in [0.15, 0.2) is 28.9 Å². The molecule has 100 valence electrons. The van der Waals surface area contributed by atoms with Gasteiger partial charge in [-0.3, -0.25) is 4.68 Å². The molecule has 1 aromatic heterocycles. The third-order valence-corrected chi connectivity index (χ3v) is 4.37. The number of nitrogens with zero attached hydrogens (tertiary/aromatic N) is 2. The van der Waals surface area contributed by atoms with Crippen LogP contribution in [0, 0.1) is 5.82 Å². The van der Waals surface area contributed by atoms with Crippen LogP contribution in [0.2, 0.25) is 0 Å². The highest BCUT2D eigenvalue weighted by molar-refractivity contribution is 9.10. The van der Waals surface area contributed by atoms with E-state index in [0.717, 1.165) is 4.47 Å². The lowest BCUT2D eigenvalue weighted by Crippen LogP contribution is -2.28. The third-order valence-electron chi connectivity index (χ3n) is 3.79. The van der Waals surface area contributed by atoms with Crippen molar-refractivity contribution in [1.82, 2.24) is 9.78 Å². The van der Waals surface area contributed by atoms with Gasteiger partial charge in [-0.1, -0.05) is 12.1 Å². The number of rotatable bonds is 2. The molecule has 1 N–H and O–H groups in total. The molecule has 2 aromatic rings. The fraction of sp³-hybridized carbons (Fsp3) is 0.357. The molecule has 0 radical (unpaired) electrons. The molecular formula is C14H14BrFN2O. The van der Waals surface area contributed by atoms with Crippen molar-refractivity contribution in [2.45, 2.75) is 31.9 Å². The van der Waals surface area contributed by atoms with Crippen LogP contribution in [-0.4, -0.2) is 14.9 Å². The van der Waals surface area contributed by atoms with E-state index in [4.69, 9.17) is 0 Å². The van der Waals surface area contributed by atoms with Gasteiger partial charge >= 0.3 is 0 Å². The van der Waals surface area contributed by atoms with E-state index in [2.05, 4.69) is 21.0 Å². The number of hydrogen-bond acceptors (Lipinski definition) is 2. The van der Waals surface area contributed by atoms with Crippen molar-refractivity contribution in [2.24, 2.45) is 0 Å². The average Bonchev–Trinajstić information content (AvgIpc) is 2.93. The molecule has 1 unspecified atom stereocenters. The van der Waals surface area contributed by atoms with E-state index in [0.29, 0.717) is 36.2 Å². The van der Waals surface area contributed by atoms with E-state index in [-0.39, 0.29) is 5.82 Å². The van der Waals surface area contributed by atoms with Crippen LogP contribution < -0.4 is 0 Å². The molecule has 0 bridgehead atoms. The Bertz CT molecular complexity index is 640. The number of aliphatic hydroxyl groups is 1. The zero-order chi connectivity index (χ0) is 13.6. The summed E-state index contributed by atoms with van der Waals surface area (Å²) in [5.41, 5.74) is 0.812. The van der Waals surface area contributed by atoms with Crippen LogP contribution in [0.3, 0.4) is 0 Å². The molecule has 0 saturated carbocycles. The molecule has 0 saturated heterocycles. The number of aromatic nitrogens is 2. The molecule has 0 amide bonds. The molecular weight excluding hydrogens is 311 g/mol. The van der Waals surface area contributed by atoms with Crippen molar-refractivity contribution in [2.75, 3.05) is 0 Å². The standard InChI is InChI=1S/C14H14BrFN2O/c1-2-18-13(11(15)8-17-18)14(19)7-6-9-10(14)4-3-5-12(9)16/h3-5,8,19H,2,6-7H2,1H3. The first-order valence-electron chi connectivity index (χ1n) is 6.30. The minimum atomic E-state index is -1.16. The normalized spacial score (nSPS) is 21.7. The zero-order valence-corrected chi connectivity index (χ0v) is 12.1. The molecule has 1 aliphatic rings. The molecule has 0 spiro atoms. The van der Waals surface area contributed by atoms with Gasteiger partial charge in [-0.05, 0) is 52.9 Å². The SMILES string of the molecule is CCn1ncc(Br)c1C1(O)CCc2c(F)cccc21. The Hall–Kier alpha value is -1.20. The van der Waals surface area contributed by atoms with E-state index >= 15 is 0 Å². The van der Waals surface area contributed by atoms with Crippen LogP contribution in [0.1, 0.15) is 30.2 Å². The number of benzene rings is 1. The first-order chi connectivity index (χ1) is 9.08. The summed E-state index contributed by atoms with van der Waals surface area (Å²) in [7, 11) is 0. The largest absolute Gasteiger partial charge is 0.379 e. The summed E-state index contributed by atoms with van der Waals surface area (Å²) in [4.78, 5) is 0. The fourth-order valence-corrected chi connectivity index (χ4v) is 3.52. The summed E-state index contributed by atoms with van der Waals surface area (Å²) in [6.07, 6.45) is 2.70. The van der Waals surface area contributed by atoms with Gasteiger partial charge in [0, 0.05) is 6.54 Å². The minimum absolute atomic E-state index is 0.243. The lowest BCUT2D eigenvalue weighted by Gasteiger charge is -2.25. The van der Waals surface area contributed by atoms with E-state index in [1.807, 2.05) is 6.92 Å². The first kappa shape index (κ1) is 12.8. The summed E-state index contributed by atoms with van der Waals surface area (Å²) in [5.74, 6) is -0.243. The lowest BCUT2D eigenvalue weighted by atomic mass is 9.92. The fourth-order valence-electron chi connectivity index (χ4n) is 2.90. The van der Waals surface area contributed by atoms with Crippen molar-refractivity contribution in [3.63, 3.8) is 0 Å². The van der Waals surface area contributed by atoms with Crippen molar-refractivity contribution in [1.29, 1.82) is 0 Å². The zero-order valence-electron chi connectivity index (χ0n) is 10.5. The van der Waals surface area contributed by atoms with Gasteiger partial charge in [-0.15, -0.1) is 0 Å². The molecule has 1 atom stereocenters. The first-order valence-corrected chi connectivity index (χ1v) is 7.09. The highest BCUT2D eigenvalue weighted by Gasteiger charge is 2.43. The summed E-state index contributed by atoms with van der Waals surface area (Å²) in [6.45, 7) is 2.63. The number of hydrogen-bond donors (Lipinski definition) is 1. The number of aryl methyl sites for hydroxylation is 1. The predicted molar refractivity (Wildman–Crippen MR) is 73.3 cm³/mol. The van der Waals surface area contributed by atoms with Gasteiger partial charge in [0.05, 0.1) is 16.4 Å². The summed E-state index contributed by atoms with van der Waals surface area (Å²) in [5, 5.41) is 15.3.